The molecule has 4 heteroatoms. The van der Waals surface area contributed by atoms with Crippen LogP contribution in [0.4, 0.5) is 0 Å². The number of hydrogen-bond donors (Lipinski definition) is 1. The van der Waals surface area contributed by atoms with Gasteiger partial charge in [-0.1, -0.05) is 48.5 Å². The van der Waals surface area contributed by atoms with Crippen LogP contribution in [0.3, 0.4) is 0 Å². The second kappa shape index (κ2) is 7.24. The number of carbonyl (C=O) groups is 2. The molecule has 2 rings (SSSR count). The van der Waals surface area contributed by atoms with Crippen molar-refractivity contribution in [2.75, 3.05) is 6.61 Å². The minimum atomic E-state index is -0.502. The molecule has 0 spiro atoms. The molecule has 1 N–H and O–H groups in total. The fourth-order valence-corrected chi connectivity index (χ4v) is 1.90. The van der Waals surface area contributed by atoms with Gasteiger partial charge in [0.05, 0.1) is 11.6 Å². The number of carbonyl (C=O) groups excluding carboxylic acids is 2. The van der Waals surface area contributed by atoms with E-state index in [-0.39, 0.29) is 18.6 Å². The van der Waals surface area contributed by atoms with Crippen LogP contribution in [0.15, 0.2) is 60.7 Å². The predicted molar refractivity (Wildman–Crippen MR) is 79.7 cm³/mol. The number of rotatable bonds is 5. The highest BCUT2D eigenvalue weighted by Crippen LogP contribution is 2.10. The quantitative estimate of drug-likeness (QED) is 0.858. The van der Waals surface area contributed by atoms with Gasteiger partial charge in [0.15, 0.2) is 6.61 Å². The van der Waals surface area contributed by atoms with Gasteiger partial charge in [0.25, 0.3) is 5.91 Å². The largest absolute Gasteiger partial charge is 0.452 e. The molecule has 0 unspecified atom stereocenters. The Balaban J connectivity index is 1.81. The number of ether oxygens (including phenoxy) is 1. The Morgan fingerprint density at radius 3 is 2.19 bits per heavy atom. The van der Waals surface area contributed by atoms with Crippen molar-refractivity contribution in [3.63, 3.8) is 0 Å². The third-order valence-electron chi connectivity index (χ3n) is 3.02. The van der Waals surface area contributed by atoms with Crippen molar-refractivity contribution in [2.24, 2.45) is 0 Å². The summed E-state index contributed by atoms with van der Waals surface area (Å²) in [6.07, 6.45) is 0. The topological polar surface area (TPSA) is 55.4 Å². The van der Waals surface area contributed by atoms with Gasteiger partial charge in [0.1, 0.15) is 0 Å². The summed E-state index contributed by atoms with van der Waals surface area (Å²) in [6, 6.07) is 18.1. The lowest BCUT2D eigenvalue weighted by Gasteiger charge is -2.14. The van der Waals surface area contributed by atoms with Crippen molar-refractivity contribution in [1.82, 2.24) is 5.32 Å². The maximum atomic E-state index is 11.8. The van der Waals surface area contributed by atoms with Crippen molar-refractivity contribution in [2.45, 2.75) is 13.0 Å². The number of benzene rings is 2. The molecule has 2 aromatic carbocycles. The SMILES string of the molecule is C[C@H](NC(=O)COC(=O)c1ccccc1)c1ccccc1. The van der Waals surface area contributed by atoms with E-state index >= 15 is 0 Å². The molecule has 2 aromatic rings. The first-order valence-electron chi connectivity index (χ1n) is 6.73. The Kier molecular flexibility index (Phi) is 5.10. The van der Waals surface area contributed by atoms with Gasteiger partial charge >= 0.3 is 5.97 Å². The molecule has 0 aliphatic rings. The second-order valence-electron chi connectivity index (χ2n) is 4.64. The van der Waals surface area contributed by atoms with Crippen LogP contribution in [0.2, 0.25) is 0 Å². The highest BCUT2D eigenvalue weighted by molar-refractivity contribution is 5.91. The van der Waals surface area contributed by atoms with Gasteiger partial charge in [0.2, 0.25) is 0 Å². The van der Waals surface area contributed by atoms with Crippen LogP contribution >= 0.6 is 0 Å². The first-order valence-corrected chi connectivity index (χ1v) is 6.73. The smallest absolute Gasteiger partial charge is 0.338 e. The van der Waals surface area contributed by atoms with E-state index in [0.717, 1.165) is 5.56 Å². The zero-order valence-corrected chi connectivity index (χ0v) is 11.8. The van der Waals surface area contributed by atoms with Crippen molar-refractivity contribution in [3.05, 3.63) is 71.8 Å². The maximum Gasteiger partial charge on any atom is 0.338 e. The first-order chi connectivity index (χ1) is 10.2. The van der Waals surface area contributed by atoms with Gasteiger partial charge in [-0.2, -0.15) is 0 Å². The fourth-order valence-electron chi connectivity index (χ4n) is 1.90. The van der Waals surface area contributed by atoms with Crippen molar-refractivity contribution in [1.29, 1.82) is 0 Å². The lowest BCUT2D eigenvalue weighted by atomic mass is 10.1. The first kappa shape index (κ1) is 14.8. The number of nitrogens with one attached hydrogen (secondary N) is 1. The van der Waals surface area contributed by atoms with Crippen LogP contribution in [0.1, 0.15) is 28.9 Å². The van der Waals surface area contributed by atoms with Crippen LogP contribution in [0.5, 0.6) is 0 Å². The lowest BCUT2D eigenvalue weighted by molar-refractivity contribution is -0.124. The fraction of sp³-hybridized carbons (Fsp3) is 0.176. The molecule has 0 radical (unpaired) electrons. The second-order valence-corrected chi connectivity index (χ2v) is 4.64. The van der Waals surface area contributed by atoms with Gasteiger partial charge < -0.3 is 10.1 Å². The van der Waals surface area contributed by atoms with E-state index in [0.29, 0.717) is 5.56 Å². The third kappa shape index (κ3) is 4.45. The average Bonchev–Trinajstić information content (AvgIpc) is 2.54. The summed E-state index contributed by atoms with van der Waals surface area (Å²) in [6.45, 7) is 1.59. The molecule has 108 valence electrons. The van der Waals surface area contributed by atoms with Crippen LogP contribution in [0.25, 0.3) is 0 Å². The Bertz CT molecular complexity index is 596. The molecule has 0 saturated carbocycles. The molecule has 0 saturated heterocycles. The Hall–Kier alpha value is -2.62. The molecule has 0 heterocycles. The van der Waals surface area contributed by atoms with Gasteiger partial charge in [-0.3, -0.25) is 4.79 Å². The zero-order chi connectivity index (χ0) is 15.1. The van der Waals surface area contributed by atoms with Crippen molar-refractivity contribution < 1.29 is 14.3 Å². The molecular weight excluding hydrogens is 266 g/mol. The van der Waals surface area contributed by atoms with Gasteiger partial charge in [-0.25, -0.2) is 4.79 Å². The summed E-state index contributed by atoms with van der Waals surface area (Å²) in [7, 11) is 0. The summed E-state index contributed by atoms with van der Waals surface area (Å²) in [4.78, 5) is 23.5. The van der Waals surface area contributed by atoms with Crippen LogP contribution in [-0.2, 0) is 9.53 Å². The molecule has 0 aliphatic carbocycles. The third-order valence-corrected chi connectivity index (χ3v) is 3.02. The molecule has 0 bridgehead atoms. The summed E-state index contributed by atoms with van der Waals surface area (Å²) in [5, 5.41) is 2.79. The minimum absolute atomic E-state index is 0.130. The van der Waals surface area contributed by atoms with E-state index in [1.54, 1.807) is 24.3 Å². The average molecular weight is 283 g/mol. The number of amides is 1. The molecule has 1 atom stereocenters. The summed E-state index contributed by atoms with van der Waals surface area (Å²) >= 11 is 0. The summed E-state index contributed by atoms with van der Waals surface area (Å²) in [5.41, 5.74) is 1.43. The summed E-state index contributed by atoms with van der Waals surface area (Å²) < 4.78 is 4.98. The maximum absolute atomic E-state index is 11.8. The highest BCUT2D eigenvalue weighted by atomic mass is 16.5. The van der Waals surface area contributed by atoms with Crippen LogP contribution < -0.4 is 5.32 Å². The molecule has 0 aliphatic heterocycles. The molecular formula is C17H17NO3. The minimum Gasteiger partial charge on any atom is -0.452 e. The van der Waals surface area contributed by atoms with Crippen molar-refractivity contribution >= 4 is 11.9 Å². The Morgan fingerprint density at radius 2 is 1.57 bits per heavy atom. The molecule has 0 fully saturated rings. The monoisotopic (exact) mass is 283 g/mol. The highest BCUT2D eigenvalue weighted by Gasteiger charge is 2.12. The van der Waals surface area contributed by atoms with E-state index in [1.165, 1.54) is 0 Å². The normalized spacial score (nSPS) is 11.5. The van der Waals surface area contributed by atoms with Crippen LogP contribution in [-0.4, -0.2) is 18.5 Å². The number of esters is 1. The molecule has 1 amide bonds. The lowest BCUT2D eigenvalue weighted by Crippen LogP contribution is -2.31. The zero-order valence-electron chi connectivity index (χ0n) is 11.8. The van der Waals surface area contributed by atoms with Gasteiger partial charge in [-0.05, 0) is 24.6 Å². The Morgan fingerprint density at radius 1 is 1.00 bits per heavy atom. The van der Waals surface area contributed by atoms with E-state index in [9.17, 15) is 9.59 Å². The summed E-state index contributed by atoms with van der Waals surface area (Å²) in [5.74, 6) is -0.825. The van der Waals surface area contributed by atoms with Crippen molar-refractivity contribution in [3.8, 4) is 0 Å². The predicted octanol–water partition coefficient (Wildman–Crippen LogP) is 2.72. The molecule has 0 aromatic heterocycles. The van der Waals surface area contributed by atoms with E-state index in [1.807, 2.05) is 43.3 Å². The standard InChI is InChI=1S/C17H17NO3/c1-13(14-8-4-2-5-9-14)18-16(19)12-21-17(20)15-10-6-3-7-11-15/h2-11,13H,12H2,1H3,(H,18,19)/t13-/m0/s1. The number of hydrogen-bond acceptors (Lipinski definition) is 3. The molecule has 21 heavy (non-hydrogen) atoms. The van der Waals surface area contributed by atoms with E-state index < -0.39 is 5.97 Å². The van der Waals surface area contributed by atoms with E-state index in [2.05, 4.69) is 5.32 Å². The van der Waals surface area contributed by atoms with Gasteiger partial charge in [-0.15, -0.1) is 0 Å². The van der Waals surface area contributed by atoms with E-state index in [4.69, 9.17) is 4.74 Å². The van der Waals surface area contributed by atoms with Crippen LogP contribution in [0, 0.1) is 0 Å². The Labute approximate surface area is 123 Å². The van der Waals surface area contributed by atoms with Gasteiger partial charge in [0, 0.05) is 0 Å². The molecule has 4 nitrogen and oxygen atoms in total.